The van der Waals surface area contributed by atoms with Gasteiger partial charge in [0.15, 0.2) is 5.60 Å². The molecule has 0 saturated carbocycles. The summed E-state index contributed by atoms with van der Waals surface area (Å²) in [5.41, 5.74) is 2.21. The van der Waals surface area contributed by atoms with E-state index in [1.54, 1.807) is 0 Å². The van der Waals surface area contributed by atoms with Gasteiger partial charge in [-0.2, -0.15) is 0 Å². The van der Waals surface area contributed by atoms with E-state index >= 15 is 0 Å². The Morgan fingerprint density at radius 1 is 0.903 bits per heavy atom. The van der Waals surface area contributed by atoms with Crippen LogP contribution < -0.4 is 10.6 Å². The molecule has 0 radical (unpaired) electrons. The first-order chi connectivity index (χ1) is 15.0. The van der Waals surface area contributed by atoms with Crippen LogP contribution in [0.15, 0.2) is 84.9 Å². The Balaban J connectivity index is 1.50. The molecule has 4 N–H and O–H groups in total. The Morgan fingerprint density at radius 3 is 2.23 bits per heavy atom. The maximum absolute atomic E-state index is 13.3. The van der Waals surface area contributed by atoms with E-state index in [0.717, 1.165) is 22.3 Å². The molecule has 5 heteroatoms. The molecule has 160 valence electrons. The zero-order chi connectivity index (χ0) is 21.7. The molecule has 0 aromatic heterocycles. The van der Waals surface area contributed by atoms with Gasteiger partial charge in [0.2, 0.25) is 0 Å². The molecule has 5 nitrogen and oxygen atoms in total. The van der Waals surface area contributed by atoms with Gasteiger partial charge in [-0.3, -0.25) is 4.79 Å². The Labute approximate surface area is 182 Å². The zero-order valence-electron chi connectivity index (χ0n) is 17.4. The van der Waals surface area contributed by atoms with Crippen molar-refractivity contribution < 1.29 is 15.0 Å². The van der Waals surface area contributed by atoms with Crippen LogP contribution in [0, 0.1) is 0 Å². The summed E-state index contributed by atoms with van der Waals surface area (Å²) in [7, 11) is 0. The van der Waals surface area contributed by atoms with Crippen LogP contribution in [0.2, 0.25) is 0 Å². The van der Waals surface area contributed by atoms with Crippen molar-refractivity contribution in [1.82, 2.24) is 10.6 Å². The molecule has 3 aromatic carbocycles. The number of fused-ring (bicyclic) bond motifs is 1. The lowest BCUT2D eigenvalue weighted by Crippen LogP contribution is -2.55. The van der Waals surface area contributed by atoms with Gasteiger partial charge in [0.05, 0.1) is 12.1 Å². The van der Waals surface area contributed by atoms with E-state index in [1.165, 1.54) is 0 Å². The lowest BCUT2D eigenvalue weighted by Gasteiger charge is -2.30. The second kappa shape index (κ2) is 9.43. The number of rotatable bonds is 8. The minimum Gasteiger partial charge on any atom is -0.390 e. The summed E-state index contributed by atoms with van der Waals surface area (Å²) in [6.07, 6.45) is -0.0456. The van der Waals surface area contributed by atoms with Gasteiger partial charge in [0.25, 0.3) is 5.91 Å². The van der Waals surface area contributed by atoms with Crippen LogP contribution in [0.3, 0.4) is 0 Å². The minimum atomic E-state index is -1.66. The van der Waals surface area contributed by atoms with E-state index < -0.39 is 23.7 Å². The predicted molar refractivity (Wildman–Crippen MR) is 120 cm³/mol. The van der Waals surface area contributed by atoms with E-state index in [2.05, 4.69) is 10.6 Å². The van der Waals surface area contributed by atoms with Crippen LogP contribution >= 0.6 is 0 Å². The molecule has 3 aromatic rings. The third-order valence-corrected chi connectivity index (χ3v) is 5.84. The van der Waals surface area contributed by atoms with Crippen LogP contribution in [-0.2, 0) is 24.2 Å². The van der Waals surface area contributed by atoms with Crippen LogP contribution in [-0.4, -0.2) is 34.4 Å². The average Bonchev–Trinajstić information content (AvgIpc) is 3.10. The SMILES string of the molecule is O=C(N[C@H]1c2ccccc2C[C@H]1O)[C@@](O)(CNCc1ccccc1)Cc1ccccc1. The second-order valence-corrected chi connectivity index (χ2v) is 8.20. The van der Waals surface area contributed by atoms with Crippen LogP contribution in [0.25, 0.3) is 0 Å². The molecule has 0 unspecified atom stereocenters. The number of hydrogen-bond donors (Lipinski definition) is 4. The molecule has 1 aliphatic carbocycles. The fraction of sp³-hybridized carbons (Fsp3) is 0.269. The number of aliphatic hydroxyl groups is 2. The molecular formula is C26H28N2O3. The quantitative estimate of drug-likeness (QED) is 0.455. The number of hydrogen-bond acceptors (Lipinski definition) is 4. The summed E-state index contributed by atoms with van der Waals surface area (Å²) in [5.74, 6) is -0.488. The molecule has 0 fully saturated rings. The molecule has 1 aliphatic rings. The number of carbonyl (C=O) groups is 1. The van der Waals surface area contributed by atoms with E-state index in [9.17, 15) is 15.0 Å². The van der Waals surface area contributed by atoms with Crippen molar-refractivity contribution in [3.8, 4) is 0 Å². The van der Waals surface area contributed by atoms with E-state index in [-0.39, 0.29) is 13.0 Å². The summed E-state index contributed by atoms with van der Waals surface area (Å²) in [6.45, 7) is 0.632. The highest BCUT2D eigenvalue weighted by atomic mass is 16.3. The van der Waals surface area contributed by atoms with Crippen molar-refractivity contribution in [2.75, 3.05) is 6.54 Å². The standard InChI is InChI=1S/C26H28N2O3/c29-23-15-21-13-7-8-14-22(21)24(23)28-25(30)26(31,16-19-9-3-1-4-10-19)18-27-17-20-11-5-2-6-12-20/h1-14,23-24,27,29,31H,15-18H2,(H,28,30)/t23-,24+,26+/m1/s1. The normalized spacial score (nSPS) is 19.4. The van der Waals surface area contributed by atoms with Gasteiger partial charge in [0, 0.05) is 25.9 Å². The predicted octanol–water partition coefficient (Wildman–Crippen LogP) is 2.52. The Hall–Kier alpha value is -2.99. The number of benzene rings is 3. The monoisotopic (exact) mass is 416 g/mol. The Bertz CT molecular complexity index is 1010. The Morgan fingerprint density at radius 2 is 1.52 bits per heavy atom. The molecular weight excluding hydrogens is 388 g/mol. The van der Waals surface area contributed by atoms with E-state index in [1.807, 2.05) is 84.9 Å². The topological polar surface area (TPSA) is 81.6 Å². The fourth-order valence-electron chi connectivity index (χ4n) is 4.19. The fourth-order valence-corrected chi connectivity index (χ4v) is 4.19. The molecule has 0 bridgehead atoms. The maximum Gasteiger partial charge on any atom is 0.254 e. The summed E-state index contributed by atoms with van der Waals surface area (Å²) in [5, 5.41) is 28.1. The van der Waals surface area contributed by atoms with Crippen LogP contribution in [0.1, 0.15) is 28.3 Å². The van der Waals surface area contributed by atoms with Crippen LogP contribution in [0.4, 0.5) is 0 Å². The Kier molecular flexibility index (Phi) is 6.47. The molecule has 31 heavy (non-hydrogen) atoms. The molecule has 3 atom stereocenters. The van der Waals surface area contributed by atoms with Gasteiger partial charge in [-0.1, -0.05) is 84.9 Å². The van der Waals surface area contributed by atoms with Gasteiger partial charge in [-0.05, 0) is 22.3 Å². The number of carbonyl (C=O) groups excluding carboxylic acids is 1. The smallest absolute Gasteiger partial charge is 0.254 e. The lowest BCUT2D eigenvalue weighted by molar-refractivity contribution is -0.141. The number of aliphatic hydroxyl groups excluding tert-OH is 1. The molecule has 0 heterocycles. The van der Waals surface area contributed by atoms with E-state index in [4.69, 9.17) is 0 Å². The molecule has 0 saturated heterocycles. The first-order valence-corrected chi connectivity index (χ1v) is 10.6. The van der Waals surface area contributed by atoms with Gasteiger partial charge in [-0.25, -0.2) is 0 Å². The molecule has 4 rings (SSSR count). The largest absolute Gasteiger partial charge is 0.390 e. The highest BCUT2D eigenvalue weighted by molar-refractivity contribution is 5.86. The summed E-state index contributed by atoms with van der Waals surface area (Å²) in [4.78, 5) is 13.3. The summed E-state index contributed by atoms with van der Waals surface area (Å²) >= 11 is 0. The molecule has 0 spiro atoms. The number of amides is 1. The molecule has 0 aliphatic heterocycles. The highest BCUT2D eigenvalue weighted by Gasteiger charge is 2.40. The van der Waals surface area contributed by atoms with Gasteiger partial charge in [0.1, 0.15) is 0 Å². The van der Waals surface area contributed by atoms with Crippen molar-refractivity contribution in [1.29, 1.82) is 0 Å². The molecule has 1 amide bonds. The van der Waals surface area contributed by atoms with Crippen molar-refractivity contribution in [3.05, 3.63) is 107 Å². The zero-order valence-corrected chi connectivity index (χ0v) is 17.4. The minimum absolute atomic E-state index is 0.0904. The first kappa shape index (κ1) is 21.2. The van der Waals surface area contributed by atoms with Gasteiger partial charge >= 0.3 is 0 Å². The van der Waals surface area contributed by atoms with Crippen LogP contribution in [0.5, 0.6) is 0 Å². The van der Waals surface area contributed by atoms with E-state index in [0.29, 0.717) is 13.0 Å². The van der Waals surface area contributed by atoms with Gasteiger partial charge < -0.3 is 20.8 Å². The second-order valence-electron chi connectivity index (χ2n) is 8.20. The lowest BCUT2D eigenvalue weighted by atomic mass is 9.92. The van der Waals surface area contributed by atoms with Crippen molar-refractivity contribution in [3.63, 3.8) is 0 Å². The third-order valence-electron chi connectivity index (χ3n) is 5.84. The van der Waals surface area contributed by atoms with Crippen molar-refractivity contribution >= 4 is 5.91 Å². The summed E-state index contributed by atoms with van der Waals surface area (Å²) < 4.78 is 0. The summed E-state index contributed by atoms with van der Waals surface area (Å²) in [6, 6.07) is 26.5. The highest BCUT2D eigenvalue weighted by Crippen LogP contribution is 2.31. The van der Waals surface area contributed by atoms with Gasteiger partial charge in [-0.15, -0.1) is 0 Å². The van der Waals surface area contributed by atoms with Crippen molar-refractivity contribution in [2.24, 2.45) is 0 Å². The maximum atomic E-state index is 13.3. The third kappa shape index (κ3) is 5.02. The van der Waals surface area contributed by atoms with Crippen molar-refractivity contribution in [2.45, 2.75) is 37.1 Å². The first-order valence-electron chi connectivity index (χ1n) is 10.6. The number of nitrogens with one attached hydrogen (secondary N) is 2. The average molecular weight is 417 g/mol.